The Balaban J connectivity index is 2.79. The van der Waals surface area contributed by atoms with E-state index < -0.39 is 21.6 Å². The number of sulfone groups is 1. The molecule has 0 aliphatic heterocycles. The Kier molecular flexibility index (Phi) is 5.24. The summed E-state index contributed by atoms with van der Waals surface area (Å²) in [5.41, 5.74) is 6.51. The van der Waals surface area contributed by atoms with Gasteiger partial charge in [0.2, 0.25) is 0 Å². The van der Waals surface area contributed by atoms with Crippen LogP contribution in [-0.2, 0) is 31.7 Å². The molecule has 0 saturated carbocycles. The third-order valence-electron chi connectivity index (χ3n) is 2.20. The fourth-order valence-corrected chi connectivity index (χ4v) is 2.74. The van der Waals surface area contributed by atoms with Crippen LogP contribution in [0.15, 0.2) is 18.3 Å². The maximum Gasteiger partial charge on any atom is 0.321 e. The van der Waals surface area contributed by atoms with Crippen molar-refractivity contribution in [3.8, 4) is 0 Å². The van der Waals surface area contributed by atoms with Gasteiger partial charge in [-0.25, -0.2) is 8.42 Å². The normalized spacial score (nSPS) is 11.2. The van der Waals surface area contributed by atoms with E-state index in [1.54, 1.807) is 25.3 Å². The van der Waals surface area contributed by atoms with Gasteiger partial charge in [0.15, 0.2) is 9.84 Å². The molecule has 0 atom stereocenters. The van der Waals surface area contributed by atoms with Crippen LogP contribution in [0.25, 0.3) is 0 Å². The molecular formula is C11H16N2O4S. The predicted octanol–water partition coefficient (Wildman–Crippen LogP) is 0.0182. The average molecular weight is 272 g/mol. The summed E-state index contributed by atoms with van der Waals surface area (Å²) in [6, 6.07) is 3.27. The molecule has 0 amide bonds. The maximum absolute atomic E-state index is 11.8. The first-order valence-electron chi connectivity index (χ1n) is 5.47. The first kappa shape index (κ1) is 14.6. The van der Waals surface area contributed by atoms with Crippen LogP contribution in [0.5, 0.6) is 0 Å². The molecule has 18 heavy (non-hydrogen) atoms. The molecule has 0 radical (unpaired) electrons. The van der Waals surface area contributed by atoms with Crippen LogP contribution in [0, 0.1) is 0 Å². The number of esters is 1. The number of rotatable bonds is 6. The van der Waals surface area contributed by atoms with E-state index in [9.17, 15) is 13.2 Å². The van der Waals surface area contributed by atoms with Crippen molar-refractivity contribution in [3.05, 3.63) is 29.6 Å². The summed E-state index contributed by atoms with van der Waals surface area (Å²) in [6.07, 6.45) is 1.55. The van der Waals surface area contributed by atoms with Gasteiger partial charge in [-0.15, -0.1) is 0 Å². The van der Waals surface area contributed by atoms with Gasteiger partial charge >= 0.3 is 5.97 Å². The zero-order chi connectivity index (χ0) is 13.6. The number of hydrogen-bond donors (Lipinski definition) is 1. The summed E-state index contributed by atoms with van der Waals surface area (Å²) >= 11 is 0. The van der Waals surface area contributed by atoms with Gasteiger partial charge in [-0.3, -0.25) is 9.78 Å². The summed E-state index contributed by atoms with van der Waals surface area (Å²) in [7, 11) is -3.56. The highest BCUT2D eigenvalue weighted by Crippen LogP contribution is 2.10. The zero-order valence-electron chi connectivity index (χ0n) is 10.1. The van der Waals surface area contributed by atoms with Gasteiger partial charge in [0.1, 0.15) is 5.75 Å². The van der Waals surface area contributed by atoms with Crippen LogP contribution in [0.2, 0.25) is 0 Å². The number of carbonyl (C=O) groups excluding carboxylic acids is 1. The Labute approximate surface area is 106 Å². The molecular weight excluding hydrogens is 256 g/mol. The van der Waals surface area contributed by atoms with Gasteiger partial charge in [-0.05, 0) is 18.6 Å². The van der Waals surface area contributed by atoms with Gasteiger partial charge in [0.05, 0.1) is 18.1 Å². The molecule has 0 aliphatic carbocycles. The first-order chi connectivity index (χ1) is 8.48. The molecule has 2 N–H and O–H groups in total. The molecule has 6 nitrogen and oxygen atoms in total. The lowest BCUT2D eigenvalue weighted by atomic mass is 10.2. The van der Waals surface area contributed by atoms with Crippen molar-refractivity contribution in [1.82, 2.24) is 4.98 Å². The summed E-state index contributed by atoms with van der Waals surface area (Å²) in [5.74, 6) is -1.62. The molecule has 0 bridgehead atoms. The van der Waals surface area contributed by atoms with E-state index in [2.05, 4.69) is 9.72 Å². The van der Waals surface area contributed by atoms with Gasteiger partial charge in [0.25, 0.3) is 0 Å². The van der Waals surface area contributed by atoms with Crippen LogP contribution < -0.4 is 5.73 Å². The molecule has 0 saturated heterocycles. The number of nitrogens with zero attached hydrogens (tertiary/aromatic N) is 1. The lowest BCUT2D eigenvalue weighted by Crippen LogP contribution is -2.21. The van der Waals surface area contributed by atoms with Crippen molar-refractivity contribution in [1.29, 1.82) is 0 Å². The second-order valence-corrected chi connectivity index (χ2v) is 5.72. The minimum atomic E-state index is -3.56. The summed E-state index contributed by atoms with van der Waals surface area (Å²) in [4.78, 5) is 15.2. The minimum Gasteiger partial charge on any atom is -0.465 e. The molecule has 7 heteroatoms. The number of carbonyl (C=O) groups is 1. The molecule has 1 aromatic heterocycles. The molecule has 1 aromatic rings. The lowest BCUT2D eigenvalue weighted by molar-refractivity contribution is -0.139. The zero-order valence-corrected chi connectivity index (χ0v) is 10.9. The van der Waals surface area contributed by atoms with Crippen molar-refractivity contribution in [2.24, 2.45) is 5.73 Å². The first-order valence-corrected chi connectivity index (χ1v) is 7.29. The Hall–Kier alpha value is -1.47. The topological polar surface area (TPSA) is 99.4 Å². The monoisotopic (exact) mass is 272 g/mol. The SMILES string of the molecule is CCOC(=O)CS(=O)(=O)Cc1cccnc1CN. The quantitative estimate of drug-likeness (QED) is 0.733. The standard InChI is InChI=1S/C11H16N2O4S/c1-2-17-11(14)8-18(15,16)7-9-4-3-5-13-10(9)6-12/h3-5H,2,6-8,12H2,1H3. The molecule has 0 spiro atoms. The van der Waals surface area contributed by atoms with Gasteiger partial charge in [0, 0.05) is 12.7 Å². The van der Waals surface area contributed by atoms with E-state index in [1.807, 2.05) is 0 Å². The van der Waals surface area contributed by atoms with E-state index in [1.165, 1.54) is 0 Å². The number of pyridine rings is 1. The van der Waals surface area contributed by atoms with E-state index in [4.69, 9.17) is 5.73 Å². The van der Waals surface area contributed by atoms with Crippen LogP contribution in [-0.4, -0.2) is 31.7 Å². The van der Waals surface area contributed by atoms with Crippen LogP contribution in [0.3, 0.4) is 0 Å². The van der Waals surface area contributed by atoms with Crippen molar-refractivity contribution in [2.75, 3.05) is 12.4 Å². The van der Waals surface area contributed by atoms with Crippen molar-refractivity contribution >= 4 is 15.8 Å². The van der Waals surface area contributed by atoms with E-state index in [-0.39, 0.29) is 18.9 Å². The number of ether oxygens (including phenoxy) is 1. The van der Waals surface area contributed by atoms with Crippen molar-refractivity contribution in [3.63, 3.8) is 0 Å². The highest BCUT2D eigenvalue weighted by atomic mass is 32.2. The Bertz CT molecular complexity index is 514. The predicted molar refractivity (Wildman–Crippen MR) is 66.3 cm³/mol. The van der Waals surface area contributed by atoms with Gasteiger partial charge in [-0.2, -0.15) is 0 Å². The number of hydrogen-bond acceptors (Lipinski definition) is 6. The summed E-state index contributed by atoms with van der Waals surface area (Å²) < 4.78 is 28.2. The fraction of sp³-hybridized carbons (Fsp3) is 0.455. The second-order valence-electron chi connectivity index (χ2n) is 3.65. The van der Waals surface area contributed by atoms with Crippen molar-refractivity contribution in [2.45, 2.75) is 19.2 Å². The Morgan fingerprint density at radius 1 is 1.50 bits per heavy atom. The highest BCUT2D eigenvalue weighted by Gasteiger charge is 2.19. The molecule has 0 aliphatic rings. The molecule has 1 rings (SSSR count). The molecule has 100 valence electrons. The van der Waals surface area contributed by atoms with E-state index in [0.29, 0.717) is 11.3 Å². The van der Waals surface area contributed by atoms with Gasteiger partial charge in [-0.1, -0.05) is 6.07 Å². The van der Waals surface area contributed by atoms with Crippen LogP contribution in [0.1, 0.15) is 18.2 Å². The van der Waals surface area contributed by atoms with E-state index >= 15 is 0 Å². The van der Waals surface area contributed by atoms with Crippen LogP contribution in [0.4, 0.5) is 0 Å². The highest BCUT2D eigenvalue weighted by molar-refractivity contribution is 7.91. The lowest BCUT2D eigenvalue weighted by Gasteiger charge is -2.07. The van der Waals surface area contributed by atoms with Crippen LogP contribution >= 0.6 is 0 Å². The van der Waals surface area contributed by atoms with Gasteiger partial charge < -0.3 is 10.5 Å². The number of aromatic nitrogens is 1. The average Bonchev–Trinajstić information content (AvgIpc) is 2.28. The summed E-state index contributed by atoms with van der Waals surface area (Å²) in [5, 5.41) is 0. The Morgan fingerprint density at radius 2 is 2.22 bits per heavy atom. The maximum atomic E-state index is 11.8. The smallest absolute Gasteiger partial charge is 0.321 e. The molecule has 0 fully saturated rings. The minimum absolute atomic E-state index is 0.158. The Morgan fingerprint density at radius 3 is 2.83 bits per heavy atom. The second kappa shape index (κ2) is 6.46. The summed E-state index contributed by atoms with van der Waals surface area (Å²) in [6.45, 7) is 1.94. The fourth-order valence-electron chi connectivity index (χ4n) is 1.46. The molecule has 0 aromatic carbocycles. The third kappa shape index (κ3) is 4.42. The molecule has 0 unspecified atom stereocenters. The number of nitrogens with two attached hydrogens (primary N) is 1. The molecule has 1 heterocycles. The third-order valence-corrected chi connectivity index (χ3v) is 3.62. The largest absolute Gasteiger partial charge is 0.465 e. The van der Waals surface area contributed by atoms with Crippen molar-refractivity contribution < 1.29 is 17.9 Å². The van der Waals surface area contributed by atoms with E-state index in [0.717, 1.165) is 0 Å².